The van der Waals surface area contributed by atoms with Crippen LogP contribution in [0.25, 0.3) is 0 Å². The van der Waals surface area contributed by atoms with E-state index < -0.39 is 5.60 Å². The van der Waals surface area contributed by atoms with Gasteiger partial charge in [-0.25, -0.2) is 4.39 Å². The summed E-state index contributed by atoms with van der Waals surface area (Å²) in [5, 5.41) is 11.1. The third-order valence-electron chi connectivity index (χ3n) is 3.53. The molecule has 1 fully saturated rings. The summed E-state index contributed by atoms with van der Waals surface area (Å²) in [5.41, 5.74) is 0.187. The molecule has 1 aliphatic carbocycles. The predicted molar refractivity (Wildman–Crippen MR) is 67.7 cm³/mol. The number of halogens is 2. The lowest BCUT2D eigenvalue weighted by atomic mass is 9.85. The molecule has 1 N–H and O–H groups in total. The van der Waals surface area contributed by atoms with Gasteiger partial charge >= 0.3 is 0 Å². The summed E-state index contributed by atoms with van der Waals surface area (Å²) in [4.78, 5) is 0. The van der Waals surface area contributed by atoms with Crippen LogP contribution < -0.4 is 0 Å². The molecule has 0 radical (unpaired) electrons. The Morgan fingerprint density at radius 3 is 2.71 bits per heavy atom. The van der Waals surface area contributed by atoms with Gasteiger partial charge in [0.15, 0.2) is 0 Å². The standard InChI is InChI=1S/C14H18ClFO/c1-2-7-14(17,11-4-5-11)9-10-3-6-12(16)8-13(10)15/h3,6,8,11,17H,2,4-5,7,9H2,1H3. The lowest BCUT2D eigenvalue weighted by molar-refractivity contribution is 0.00855. The zero-order chi connectivity index (χ0) is 12.5. The maximum atomic E-state index is 13.0. The Morgan fingerprint density at radius 2 is 2.18 bits per heavy atom. The normalized spacial score (nSPS) is 19.1. The third kappa shape index (κ3) is 2.99. The molecule has 94 valence electrons. The molecular weight excluding hydrogens is 239 g/mol. The Bertz CT molecular complexity index is 403. The van der Waals surface area contributed by atoms with E-state index in [1.54, 1.807) is 6.07 Å². The largest absolute Gasteiger partial charge is 0.389 e. The number of benzene rings is 1. The summed E-state index contributed by atoms with van der Waals surface area (Å²) in [7, 11) is 0. The Hall–Kier alpha value is -0.600. The zero-order valence-electron chi connectivity index (χ0n) is 10.0. The SMILES string of the molecule is CCCC(O)(Cc1ccc(F)cc1Cl)C1CC1. The van der Waals surface area contributed by atoms with Crippen LogP contribution in [0.15, 0.2) is 18.2 Å². The van der Waals surface area contributed by atoms with Gasteiger partial charge < -0.3 is 5.11 Å². The van der Waals surface area contributed by atoms with Crippen LogP contribution in [0.5, 0.6) is 0 Å². The van der Waals surface area contributed by atoms with E-state index in [0.717, 1.165) is 31.2 Å². The fraction of sp³-hybridized carbons (Fsp3) is 0.571. The van der Waals surface area contributed by atoms with E-state index >= 15 is 0 Å². The fourth-order valence-electron chi connectivity index (χ4n) is 2.49. The molecule has 2 rings (SSSR count). The smallest absolute Gasteiger partial charge is 0.124 e. The van der Waals surface area contributed by atoms with Crippen LogP contribution in [0, 0.1) is 11.7 Å². The monoisotopic (exact) mass is 256 g/mol. The van der Waals surface area contributed by atoms with Crippen molar-refractivity contribution in [1.29, 1.82) is 0 Å². The van der Waals surface area contributed by atoms with E-state index in [0.29, 0.717) is 17.4 Å². The molecule has 1 atom stereocenters. The van der Waals surface area contributed by atoms with Crippen molar-refractivity contribution in [2.24, 2.45) is 5.92 Å². The Kier molecular flexibility index (Phi) is 3.74. The predicted octanol–water partition coefficient (Wildman–Crippen LogP) is 3.96. The molecule has 1 aromatic carbocycles. The molecule has 1 aromatic rings. The summed E-state index contributed by atoms with van der Waals surface area (Å²) in [6.45, 7) is 2.07. The molecule has 0 aromatic heterocycles. The highest BCUT2D eigenvalue weighted by Gasteiger charge is 2.43. The van der Waals surface area contributed by atoms with Crippen LogP contribution in [0.4, 0.5) is 4.39 Å². The van der Waals surface area contributed by atoms with Crippen LogP contribution in [0.1, 0.15) is 38.2 Å². The van der Waals surface area contributed by atoms with Crippen LogP contribution in [-0.2, 0) is 6.42 Å². The molecule has 0 spiro atoms. The van der Waals surface area contributed by atoms with Gasteiger partial charge in [0.1, 0.15) is 5.82 Å². The van der Waals surface area contributed by atoms with Gasteiger partial charge in [-0.1, -0.05) is 31.0 Å². The molecule has 0 amide bonds. The van der Waals surface area contributed by atoms with Gasteiger partial charge in [0.2, 0.25) is 0 Å². The van der Waals surface area contributed by atoms with E-state index in [1.807, 2.05) is 0 Å². The Morgan fingerprint density at radius 1 is 1.47 bits per heavy atom. The minimum Gasteiger partial charge on any atom is -0.389 e. The number of rotatable bonds is 5. The molecular formula is C14H18ClFO. The highest BCUT2D eigenvalue weighted by atomic mass is 35.5. The van der Waals surface area contributed by atoms with Gasteiger partial charge in [-0.15, -0.1) is 0 Å². The van der Waals surface area contributed by atoms with Crippen molar-refractivity contribution in [3.05, 3.63) is 34.6 Å². The van der Waals surface area contributed by atoms with Crippen molar-refractivity contribution in [3.8, 4) is 0 Å². The first-order valence-corrected chi connectivity index (χ1v) is 6.59. The average molecular weight is 257 g/mol. The van der Waals surface area contributed by atoms with E-state index in [2.05, 4.69) is 6.92 Å². The summed E-state index contributed by atoms with van der Waals surface area (Å²) >= 11 is 6.01. The molecule has 3 heteroatoms. The Balaban J connectivity index is 2.17. The quantitative estimate of drug-likeness (QED) is 0.845. The van der Waals surface area contributed by atoms with Gasteiger partial charge in [0.25, 0.3) is 0 Å². The first-order chi connectivity index (χ1) is 8.05. The minimum absolute atomic E-state index is 0.329. The molecule has 0 saturated heterocycles. The highest BCUT2D eigenvalue weighted by Crippen LogP contribution is 2.44. The molecule has 0 aliphatic heterocycles. The summed E-state index contributed by atoms with van der Waals surface area (Å²) in [6, 6.07) is 4.40. The van der Waals surface area contributed by atoms with Gasteiger partial charge in [-0.2, -0.15) is 0 Å². The highest BCUT2D eigenvalue weighted by molar-refractivity contribution is 6.31. The van der Waals surface area contributed by atoms with Gasteiger partial charge in [-0.05, 0) is 42.9 Å². The average Bonchev–Trinajstić information content (AvgIpc) is 3.06. The first-order valence-electron chi connectivity index (χ1n) is 6.21. The minimum atomic E-state index is -0.657. The number of aliphatic hydroxyl groups is 1. The zero-order valence-corrected chi connectivity index (χ0v) is 10.8. The molecule has 1 unspecified atom stereocenters. The molecule has 1 saturated carbocycles. The van der Waals surface area contributed by atoms with Crippen LogP contribution >= 0.6 is 11.6 Å². The van der Waals surface area contributed by atoms with Crippen molar-refractivity contribution in [2.75, 3.05) is 0 Å². The van der Waals surface area contributed by atoms with Crippen molar-refractivity contribution in [1.82, 2.24) is 0 Å². The van der Waals surface area contributed by atoms with Crippen molar-refractivity contribution in [2.45, 2.75) is 44.6 Å². The second-order valence-electron chi connectivity index (χ2n) is 5.04. The van der Waals surface area contributed by atoms with Crippen molar-refractivity contribution in [3.63, 3.8) is 0 Å². The van der Waals surface area contributed by atoms with Crippen LogP contribution in [0.2, 0.25) is 5.02 Å². The first kappa shape index (κ1) is 12.8. The maximum absolute atomic E-state index is 13.0. The fourth-order valence-corrected chi connectivity index (χ4v) is 2.72. The van der Waals surface area contributed by atoms with E-state index in [4.69, 9.17) is 11.6 Å². The second kappa shape index (κ2) is 4.95. The number of hydrogen-bond acceptors (Lipinski definition) is 1. The van der Waals surface area contributed by atoms with Crippen LogP contribution in [-0.4, -0.2) is 10.7 Å². The van der Waals surface area contributed by atoms with Gasteiger partial charge in [0.05, 0.1) is 5.60 Å². The lowest BCUT2D eigenvalue weighted by Gasteiger charge is -2.28. The topological polar surface area (TPSA) is 20.2 Å². The molecule has 1 nitrogen and oxygen atoms in total. The van der Waals surface area contributed by atoms with E-state index in [1.165, 1.54) is 12.1 Å². The molecule has 17 heavy (non-hydrogen) atoms. The van der Waals surface area contributed by atoms with E-state index in [9.17, 15) is 9.50 Å². The summed E-state index contributed by atoms with van der Waals surface area (Å²) in [5.74, 6) is 0.0628. The van der Waals surface area contributed by atoms with Crippen LogP contribution in [0.3, 0.4) is 0 Å². The van der Waals surface area contributed by atoms with Gasteiger partial charge in [0, 0.05) is 11.4 Å². The van der Waals surface area contributed by atoms with Crippen molar-refractivity contribution < 1.29 is 9.50 Å². The summed E-state index contributed by atoms with van der Waals surface area (Å²) < 4.78 is 13.0. The second-order valence-corrected chi connectivity index (χ2v) is 5.45. The molecule has 0 bridgehead atoms. The Labute approximate surface area is 107 Å². The molecule has 1 aliphatic rings. The molecule has 0 heterocycles. The maximum Gasteiger partial charge on any atom is 0.124 e. The van der Waals surface area contributed by atoms with Crippen molar-refractivity contribution >= 4 is 11.6 Å². The number of hydrogen-bond donors (Lipinski definition) is 1. The lowest BCUT2D eigenvalue weighted by Crippen LogP contribution is -2.34. The summed E-state index contributed by atoms with van der Waals surface area (Å²) in [6.07, 6.45) is 4.45. The van der Waals surface area contributed by atoms with Gasteiger partial charge in [-0.3, -0.25) is 0 Å². The van der Waals surface area contributed by atoms with E-state index in [-0.39, 0.29) is 5.82 Å². The third-order valence-corrected chi connectivity index (χ3v) is 3.88.